The van der Waals surface area contributed by atoms with Gasteiger partial charge in [-0.25, -0.2) is 9.52 Å². The number of aliphatic hydroxyl groups is 1. The first kappa shape index (κ1) is 17.5. The van der Waals surface area contributed by atoms with Gasteiger partial charge < -0.3 is 9.84 Å². The lowest BCUT2D eigenvalue weighted by atomic mass is 10.3. The Morgan fingerprint density at radius 2 is 2.29 bits per heavy atom. The number of thiophene rings is 1. The molecule has 0 atom stereocenters. The topological polar surface area (TPSA) is 105 Å². The van der Waals surface area contributed by atoms with Crippen molar-refractivity contribution in [2.75, 3.05) is 13.2 Å². The summed E-state index contributed by atoms with van der Waals surface area (Å²) in [6, 6.07) is 1.74. The van der Waals surface area contributed by atoms with Gasteiger partial charge in [0.2, 0.25) is 0 Å². The fraction of sp³-hybridized carbons (Fsp3) is 0.417. The molecular weight excluding hydrogens is 316 g/mol. The summed E-state index contributed by atoms with van der Waals surface area (Å²) in [7, 11) is -3.95. The van der Waals surface area contributed by atoms with E-state index >= 15 is 0 Å². The lowest BCUT2D eigenvalue weighted by Gasteiger charge is -2.06. The summed E-state index contributed by atoms with van der Waals surface area (Å²) in [6.07, 6.45) is -0.631. The highest BCUT2D eigenvalue weighted by Gasteiger charge is 2.14. The molecular formula is C12H16N2O5S2. The van der Waals surface area contributed by atoms with Crippen LogP contribution in [0, 0.1) is 11.8 Å². The van der Waals surface area contributed by atoms with Crippen LogP contribution in [0.25, 0.3) is 0 Å². The Kier molecular flexibility index (Phi) is 7.18. The van der Waals surface area contributed by atoms with Crippen LogP contribution in [-0.4, -0.2) is 32.8 Å². The van der Waals surface area contributed by atoms with Gasteiger partial charge in [-0.3, -0.25) is 0 Å². The maximum atomic E-state index is 11.5. The van der Waals surface area contributed by atoms with Crippen LogP contribution in [0.15, 0.2) is 11.4 Å². The summed E-state index contributed by atoms with van der Waals surface area (Å²) in [5.41, 5.74) is 0.751. The second-order valence-corrected chi connectivity index (χ2v) is 6.22. The molecule has 1 heterocycles. The second-order valence-electron chi connectivity index (χ2n) is 3.72. The van der Waals surface area contributed by atoms with Gasteiger partial charge in [0.05, 0.1) is 13.2 Å². The van der Waals surface area contributed by atoms with Crippen molar-refractivity contribution in [2.45, 2.75) is 19.9 Å². The van der Waals surface area contributed by atoms with Crippen LogP contribution in [-0.2, 0) is 21.5 Å². The van der Waals surface area contributed by atoms with E-state index in [9.17, 15) is 13.2 Å². The van der Waals surface area contributed by atoms with Gasteiger partial charge in [-0.1, -0.05) is 11.8 Å². The molecule has 0 fully saturated rings. The number of nitrogens with one attached hydrogen (secondary N) is 2. The fourth-order valence-corrected chi connectivity index (χ4v) is 2.78. The third-order valence-corrected chi connectivity index (χ3v) is 3.95. The van der Waals surface area contributed by atoms with Crippen LogP contribution in [0.2, 0.25) is 0 Å². The zero-order valence-electron chi connectivity index (χ0n) is 11.4. The smallest absolute Gasteiger partial charge is 0.421 e. The molecule has 116 valence electrons. The van der Waals surface area contributed by atoms with E-state index in [2.05, 4.69) is 21.3 Å². The molecule has 9 heteroatoms. The van der Waals surface area contributed by atoms with Crippen molar-refractivity contribution < 1.29 is 23.1 Å². The fourth-order valence-electron chi connectivity index (χ4n) is 1.23. The molecule has 0 bridgehead atoms. The van der Waals surface area contributed by atoms with Crippen LogP contribution >= 0.6 is 11.3 Å². The van der Waals surface area contributed by atoms with Crippen molar-refractivity contribution in [3.8, 4) is 11.8 Å². The van der Waals surface area contributed by atoms with Gasteiger partial charge in [-0.05, 0) is 13.0 Å². The van der Waals surface area contributed by atoms with Crippen molar-refractivity contribution >= 4 is 27.6 Å². The van der Waals surface area contributed by atoms with E-state index in [1.807, 2.05) is 0 Å². The van der Waals surface area contributed by atoms with Crippen molar-refractivity contribution in [2.24, 2.45) is 0 Å². The highest BCUT2D eigenvalue weighted by atomic mass is 32.2. The molecule has 3 N–H and O–H groups in total. The van der Waals surface area contributed by atoms with E-state index in [-0.39, 0.29) is 19.8 Å². The van der Waals surface area contributed by atoms with Crippen LogP contribution in [0.5, 0.6) is 0 Å². The lowest BCUT2D eigenvalue weighted by molar-refractivity contribution is 0.158. The van der Waals surface area contributed by atoms with Crippen molar-refractivity contribution in [3.05, 3.63) is 21.9 Å². The molecule has 0 aliphatic rings. The Bertz CT molecular complexity index is 628. The molecule has 0 spiro atoms. The summed E-state index contributed by atoms with van der Waals surface area (Å²) >= 11 is 1.34. The van der Waals surface area contributed by atoms with Crippen LogP contribution in [0.3, 0.4) is 0 Å². The first-order valence-electron chi connectivity index (χ1n) is 6.08. The number of ether oxygens (including phenoxy) is 1. The Morgan fingerprint density at radius 3 is 2.95 bits per heavy atom. The molecule has 1 rings (SSSR count). The largest absolute Gasteiger partial charge is 0.449 e. The van der Waals surface area contributed by atoms with Gasteiger partial charge >= 0.3 is 16.3 Å². The summed E-state index contributed by atoms with van der Waals surface area (Å²) in [6.45, 7) is 1.71. The highest BCUT2D eigenvalue weighted by molar-refractivity contribution is 7.88. The Labute approximate surface area is 127 Å². The average Bonchev–Trinajstić information content (AvgIpc) is 2.84. The molecule has 0 aliphatic heterocycles. The Hall–Kier alpha value is -1.60. The van der Waals surface area contributed by atoms with Crippen molar-refractivity contribution in [1.82, 2.24) is 9.44 Å². The Morgan fingerprint density at radius 1 is 1.52 bits per heavy atom. The molecule has 0 aliphatic carbocycles. The number of rotatable bonds is 6. The number of amides is 1. The molecule has 0 saturated heterocycles. The molecule has 1 aromatic heterocycles. The molecule has 21 heavy (non-hydrogen) atoms. The summed E-state index contributed by atoms with van der Waals surface area (Å²) in [5.74, 6) is 5.62. The summed E-state index contributed by atoms with van der Waals surface area (Å²) < 4.78 is 31.5. The minimum Gasteiger partial charge on any atom is -0.449 e. The van der Waals surface area contributed by atoms with Crippen LogP contribution < -0.4 is 9.44 Å². The van der Waals surface area contributed by atoms with Gasteiger partial charge in [0.1, 0.15) is 0 Å². The maximum absolute atomic E-state index is 11.5. The van der Waals surface area contributed by atoms with E-state index in [1.165, 1.54) is 11.3 Å². The standard InChI is InChI=1S/C12H16N2O5S2/c1-2-19-12(16)14-21(17,18)13-8-11-7-10(9-20-11)5-3-4-6-15/h7,9,13,15H,2,4,6,8H2,1H3,(H,14,16). The predicted molar refractivity (Wildman–Crippen MR) is 78.8 cm³/mol. The zero-order chi connectivity index (χ0) is 15.7. The summed E-state index contributed by atoms with van der Waals surface area (Å²) in [5, 5.41) is 10.4. The molecule has 0 saturated carbocycles. The molecule has 7 nitrogen and oxygen atoms in total. The monoisotopic (exact) mass is 332 g/mol. The van der Waals surface area contributed by atoms with E-state index < -0.39 is 16.3 Å². The minimum absolute atomic E-state index is 0.00330. The van der Waals surface area contributed by atoms with Gasteiger partial charge in [0, 0.05) is 28.8 Å². The maximum Gasteiger partial charge on any atom is 0.421 e. The molecule has 0 radical (unpaired) electrons. The first-order chi connectivity index (χ1) is 9.96. The van der Waals surface area contributed by atoms with Crippen LogP contribution in [0.4, 0.5) is 4.79 Å². The molecule has 1 aromatic rings. The first-order valence-corrected chi connectivity index (χ1v) is 8.44. The number of carbonyl (C=O) groups is 1. The molecule has 1 amide bonds. The highest BCUT2D eigenvalue weighted by Crippen LogP contribution is 2.13. The second kappa shape index (κ2) is 8.63. The zero-order valence-corrected chi connectivity index (χ0v) is 13.0. The number of aliphatic hydroxyl groups excluding tert-OH is 1. The number of hydrogen-bond acceptors (Lipinski definition) is 6. The summed E-state index contributed by atoms with van der Waals surface area (Å²) in [4.78, 5) is 11.8. The Balaban J connectivity index is 2.52. The van der Waals surface area contributed by atoms with E-state index in [1.54, 1.807) is 23.1 Å². The lowest BCUT2D eigenvalue weighted by Crippen LogP contribution is -2.40. The third-order valence-electron chi connectivity index (χ3n) is 2.05. The third kappa shape index (κ3) is 7.10. The van der Waals surface area contributed by atoms with Crippen molar-refractivity contribution in [1.29, 1.82) is 0 Å². The van der Waals surface area contributed by atoms with E-state index in [4.69, 9.17) is 5.11 Å². The van der Waals surface area contributed by atoms with Gasteiger partial charge in [0.15, 0.2) is 0 Å². The minimum atomic E-state index is -3.95. The van der Waals surface area contributed by atoms with Gasteiger partial charge in [-0.2, -0.15) is 13.1 Å². The van der Waals surface area contributed by atoms with E-state index in [0.29, 0.717) is 6.42 Å². The quantitative estimate of drug-likeness (QED) is 0.660. The predicted octanol–water partition coefficient (Wildman–Crippen LogP) is 0.562. The van der Waals surface area contributed by atoms with Crippen LogP contribution in [0.1, 0.15) is 23.8 Å². The van der Waals surface area contributed by atoms with Gasteiger partial charge in [0.25, 0.3) is 0 Å². The molecule has 0 unspecified atom stereocenters. The van der Waals surface area contributed by atoms with Crippen molar-refractivity contribution in [3.63, 3.8) is 0 Å². The van der Waals surface area contributed by atoms with Gasteiger partial charge in [-0.15, -0.1) is 11.3 Å². The number of hydrogen-bond donors (Lipinski definition) is 3. The van der Waals surface area contributed by atoms with E-state index in [0.717, 1.165) is 10.4 Å². The average molecular weight is 332 g/mol. The number of carbonyl (C=O) groups excluding carboxylic acids is 1. The normalized spacial score (nSPS) is 10.6. The molecule has 0 aromatic carbocycles. The SMILES string of the molecule is CCOC(=O)NS(=O)(=O)NCc1cc(C#CCCO)cs1.